The van der Waals surface area contributed by atoms with E-state index in [1.165, 1.54) is 11.3 Å². The maximum atomic E-state index is 12.5. The van der Waals surface area contributed by atoms with Crippen molar-refractivity contribution in [3.63, 3.8) is 0 Å². The van der Waals surface area contributed by atoms with Crippen molar-refractivity contribution < 1.29 is 4.79 Å². The van der Waals surface area contributed by atoms with Gasteiger partial charge in [0.25, 0.3) is 0 Å². The summed E-state index contributed by atoms with van der Waals surface area (Å²) in [5, 5.41) is 3.49. The first-order chi connectivity index (χ1) is 12.0. The summed E-state index contributed by atoms with van der Waals surface area (Å²) in [6.45, 7) is 7.64. The summed E-state index contributed by atoms with van der Waals surface area (Å²) in [6, 6.07) is 15.7. The molecule has 5 heteroatoms. The number of rotatable bonds is 4. The first-order valence-electron chi connectivity index (χ1n) is 8.65. The average molecular weight is 358 g/mol. The molecule has 1 saturated heterocycles. The Hall–Kier alpha value is -2.04. The summed E-state index contributed by atoms with van der Waals surface area (Å²) in [5.41, 5.74) is 3.19. The third-order valence-corrected chi connectivity index (χ3v) is 5.07. The molecule has 132 valence electrons. The van der Waals surface area contributed by atoms with Gasteiger partial charge >= 0.3 is 0 Å². The Morgan fingerprint density at radius 3 is 2.48 bits per heavy atom. The number of amides is 1. The van der Waals surface area contributed by atoms with Gasteiger partial charge in [-0.15, -0.1) is 0 Å². The van der Waals surface area contributed by atoms with Crippen molar-refractivity contribution in [1.82, 2.24) is 4.90 Å². The van der Waals surface area contributed by atoms with Crippen molar-refractivity contribution in [2.24, 2.45) is 0 Å². The molecule has 2 aromatic rings. The Balaban J connectivity index is 1.57. The molecular weight excluding hydrogens is 334 g/mol. The highest BCUT2D eigenvalue weighted by atomic mass is 35.5. The van der Waals surface area contributed by atoms with Crippen LogP contribution in [-0.2, 0) is 4.79 Å². The third-order valence-electron chi connectivity index (χ3n) is 4.74. The minimum Gasteiger partial charge on any atom is -0.369 e. The molecule has 0 saturated carbocycles. The normalized spacial score (nSPS) is 16.5. The number of carbonyl (C=O) groups is 1. The number of anilines is 2. The molecule has 4 nitrogen and oxygen atoms in total. The number of para-hydroxylation sites is 1. The number of carbonyl (C=O) groups excluding carboxylic acids is 1. The van der Waals surface area contributed by atoms with Crippen molar-refractivity contribution in [1.29, 1.82) is 0 Å². The van der Waals surface area contributed by atoms with Crippen molar-refractivity contribution in [3.8, 4) is 0 Å². The van der Waals surface area contributed by atoms with E-state index < -0.39 is 0 Å². The van der Waals surface area contributed by atoms with Crippen LogP contribution in [0.4, 0.5) is 11.4 Å². The number of hydrogen-bond donors (Lipinski definition) is 1. The molecule has 1 atom stereocenters. The fraction of sp³-hybridized carbons (Fsp3) is 0.350. The van der Waals surface area contributed by atoms with E-state index in [1.54, 1.807) is 6.07 Å². The zero-order chi connectivity index (χ0) is 17.8. The van der Waals surface area contributed by atoms with Crippen LogP contribution in [0.25, 0.3) is 0 Å². The molecular formula is C20H24ClN3O. The highest BCUT2D eigenvalue weighted by molar-refractivity contribution is 6.33. The molecule has 25 heavy (non-hydrogen) atoms. The minimum absolute atomic E-state index is 0.0166. The van der Waals surface area contributed by atoms with Gasteiger partial charge in [0, 0.05) is 31.9 Å². The molecule has 0 aliphatic carbocycles. The van der Waals surface area contributed by atoms with E-state index in [1.807, 2.05) is 25.1 Å². The first-order valence-corrected chi connectivity index (χ1v) is 9.03. The van der Waals surface area contributed by atoms with E-state index >= 15 is 0 Å². The van der Waals surface area contributed by atoms with Crippen LogP contribution in [0, 0.1) is 6.92 Å². The summed E-state index contributed by atoms with van der Waals surface area (Å²) in [7, 11) is 0. The summed E-state index contributed by atoms with van der Waals surface area (Å²) in [5.74, 6) is -0.0166. The third kappa shape index (κ3) is 4.33. The van der Waals surface area contributed by atoms with Gasteiger partial charge in [0.15, 0.2) is 0 Å². The number of piperazine rings is 1. The zero-order valence-electron chi connectivity index (χ0n) is 14.7. The summed E-state index contributed by atoms with van der Waals surface area (Å²) < 4.78 is 0. The second-order valence-corrected chi connectivity index (χ2v) is 6.91. The number of benzene rings is 2. The molecule has 1 aliphatic rings. The van der Waals surface area contributed by atoms with Crippen LogP contribution in [0.3, 0.4) is 0 Å². The Labute approximate surface area is 154 Å². The van der Waals surface area contributed by atoms with Gasteiger partial charge < -0.3 is 10.2 Å². The quantitative estimate of drug-likeness (QED) is 0.904. The predicted molar refractivity (Wildman–Crippen MR) is 105 cm³/mol. The molecule has 0 radical (unpaired) electrons. The smallest absolute Gasteiger partial charge is 0.241 e. The second kappa shape index (κ2) is 7.89. The van der Waals surface area contributed by atoms with Crippen LogP contribution in [0.5, 0.6) is 0 Å². The topological polar surface area (TPSA) is 35.6 Å². The van der Waals surface area contributed by atoms with Gasteiger partial charge in [-0.05, 0) is 43.7 Å². The Morgan fingerprint density at radius 1 is 1.08 bits per heavy atom. The number of nitrogens with zero attached hydrogens (tertiary/aromatic N) is 2. The summed E-state index contributed by atoms with van der Waals surface area (Å²) in [4.78, 5) is 17.1. The van der Waals surface area contributed by atoms with Crippen molar-refractivity contribution in [2.45, 2.75) is 19.9 Å². The lowest BCUT2D eigenvalue weighted by Crippen LogP contribution is -2.52. The Kier molecular flexibility index (Phi) is 5.61. The molecule has 1 amide bonds. The van der Waals surface area contributed by atoms with Crippen molar-refractivity contribution in [2.75, 3.05) is 36.4 Å². The van der Waals surface area contributed by atoms with E-state index in [-0.39, 0.29) is 11.9 Å². The predicted octanol–water partition coefficient (Wildman–Crippen LogP) is 3.80. The lowest BCUT2D eigenvalue weighted by atomic mass is 10.1. The SMILES string of the molecule is Cc1cccc(N2CCN(C(C)C(=O)Nc3ccccc3Cl)CC2)c1. The number of nitrogens with one attached hydrogen (secondary N) is 1. The second-order valence-electron chi connectivity index (χ2n) is 6.51. The van der Waals surface area contributed by atoms with Crippen molar-refractivity contribution in [3.05, 3.63) is 59.1 Å². The summed E-state index contributed by atoms with van der Waals surface area (Å²) >= 11 is 6.12. The van der Waals surface area contributed by atoms with E-state index in [4.69, 9.17) is 11.6 Å². The van der Waals surface area contributed by atoms with Crippen LogP contribution in [-0.4, -0.2) is 43.0 Å². The highest BCUT2D eigenvalue weighted by Gasteiger charge is 2.26. The van der Waals surface area contributed by atoms with Gasteiger partial charge in [-0.25, -0.2) is 0 Å². The molecule has 1 unspecified atom stereocenters. The molecule has 0 bridgehead atoms. The molecule has 0 aromatic heterocycles. The van der Waals surface area contributed by atoms with Gasteiger partial charge in [0.1, 0.15) is 0 Å². The van der Waals surface area contributed by atoms with Crippen LogP contribution >= 0.6 is 11.6 Å². The monoisotopic (exact) mass is 357 g/mol. The fourth-order valence-electron chi connectivity index (χ4n) is 3.16. The molecule has 1 aliphatic heterocycles. The van der Waals surface area contributed by atoms with Gasteiger partial charge in [-0.1, -0.05) is 35.9 Å². The molecule has 0 spiro atoms. The summed E-state index contributed by atoms with van der Waals surface area (Å²) in [6.07, 6.45) is 0. The zero-order valence-corrected chi connectivity index (χ0v) is 15.5. The fourth-order valence-corrected chi connectivity index (χ4v) is 3.34. The average Bonchev–Trinajstić information content (AvgIpc) is 2.63. The van der Waals surface area contributed by atoms with E-state index in [9.17, 15) is 4.79 Å². The molecule has 3 rings (SSSR count). The van der Waals surface area contributed by atoms with Crippen LogP contribution < -0.4 is 10.2 Å². The minimum atomic E-state index is -0.184. The molecule has 1 fully saturated rings. The van der Waals surface area contributed by atoms with Crippen LogP contribution in [0.1, 0.15) is 12.5 Å². The lowest BCUT2D eigenvalue weighted by molar-refractivity contribution is -0.120. The van der Waals surface area contributed by atoms with Gasteiger partial charge in [-0.3, -0.25) is 9.69 Å². The number of halogens is 1. The number of hydrogen-bond acceptors (Lipinski definition) is 3. The molecule has 2 aromatic carbocycles. The van der Waals surface area contributed by atoms with Gasteiger partial charge in [-0.2, -0.15) is 0 Å². The Bertz CT molecular complexity index is 741. The Morgan fingerprint density at radius 2 is 1.80 bits per heavy atom. The first kappa shape index (κ1) is 17.8. The van der Waals surface area contributed by atoms with E-state index in [0.29, 0.717) is 10.7 Å². The number of aryl methyl sites for hydroxylation is 1. The maximum Gasteiger partial charge on any atom is 0.241 e. The standard InChI is InChI=1S/C20H24ClN3O/c1-15-6-5-7-17(14-15)24-12-10-23(11-13-24)16(2)20(25)22-19-9-4-3-8-18(19)21/h3-9,14,16H,10-13H2,1-2H3,(H,22,25). The van der Waals surface area contributed by atoms with E-state index in [2.05, 4.69) is 46.3 Å². The lowest BCUT2D eigenvalue weighted by Gasteiger charge is -2.38. The van der Waals surface area contributed by atoms with E-state index in [0.717, 1.165) is 26.2 Å². The van der Waals surface area contributed by atoms with Crippen molar-refractivity contribution >= 4 is 28.9 Å². The highest BCUT2D eigenvalue weighted by Crippen LogP contribution is 2.22. The molecule has 1 N–H and O–H groups in total. The maximum absolute atomic E-state index is 12.5. The largest absolute Gasteiger partial charge is 0.369 e. The van der Waals surface area contributed by atoms with Crippen LogP contribution in [0.15, 0.2) is 48.5 Å². The van der Waals surface area contributed by atoms with Gasteiger partial charge in [0.2, 0.25) is 5.91 Å². The van der Waals surface area contributed by atoms with Crippen LogP contribution in [0.2, 0.25) is 5.02 Å². The molecule has 1 heterocycles. The van der Waals surface area contributed by atoms with Gasteiger partial charge in [0.05, 0.1) is 16.8 Å².